The normalized spacial score (nSPS) is 10.3. The molecule has 0 aliphatic heterocycles. The lowest BCUT2D eigenvalue weighted by atomic mass is 10.2. The van der Waals surface area contributed by atoms with Crippen LogP contribution in [-0.4, -0.2) is 33.5 Å². The maximum atomic E-state index is 11.7. The van der Waals surface area contributed by atoms with Gasteiger partial charge in [-0.2, -0.15) is 0 Å². The van der Waals surface area contributed by atoms with Gasteiger partial charge in [-0.1, -0.05) is 61.4 Å². The Morgan fingerprint density at radius 3 is 2.53 bits per heavy atom. The molecule has 8 heteroatoms. The Labute approximate surface area is 192 Å². The van der Waals surface area contributed by atoms with Gasteiger partial charge in [0, 0.05) is 25.0 Å². The van der Waals surface area contributed by atoms with E-state index in [1.165, 1.54) is 25.3 Å². The zero-order valence-electron chi connectivity index (χ0n) is 18.2. The van der Waals surface area contributed by atoms with Crippen LogP contribution in [0.2, 0.25) is 0 Å². The average Bonchev–Trinajstić information content (AvgIpc) is 3.17. The number of carbonyl (C=O) groups excluding carboxylic acids is 1. The molecular formula is C24H28N4O3S. The van der Waals surface area contributed by atoms with E-state index < -0.39 is 5.97 Å². The summed E-state index contributed by atoms with van der Waals surface area (Å²) in [5, 5.41) is 15.1. The van der Waals surface area contributed by atoms with Gasteiger partial charge in [0.2, 0.25) is 5.91 Å². The molecule has 0 aliphatic carbocycles. The van der Waals surface area contributed by atoms with E-state index >= 15 is 0 Å². The standard InChI is InChI=1S/C14H12N2O3S.C10H16N2/c1-9-12(13(18)19)20-14(15-9)16-11(17)8-7-10-5-3-2-4-6-10;1-2-3-4-8-12-10-6-5-7-11-9-10/h2-8H,1H3,(H,18,19)(H,15,16,17);5-7,9,12H,2-4,8H2,1H3. The highest BCUT2D eigenvalue weighted by Gasteiger charge is 2.14. The van der Waals surface area contributed by atoms with Crippen LogP contribution in [0.5, 0.6) is 0 Å². The van der Waals surface area contributed by atoms with E-state index in [0.717, 1.165) is 29.1 Å². The fourth-order valence-electron chi connectivity index (χ4n) is 2.61. The van der Waals surface area contributed by atoms with Crippen LogP contribution in [-0.2, 0) is 4.79 Å². The van der Waals surface area contributed by atoms with Gasteiger partial charge in [-0.15, -0.1) is 0 Å². The van der Waals surface area contributed by atoms with Gasteiger partial charge in [-0.3, -0.25) is 15.1 Å². The Kier molecular flexibility index (Phi) is 10.6. The topological polar surface area (TPSA) is 104 Å². The Morgan fingerprint density at radius 2 is 1.91 bits per heavy atom. The summed E-state index contributed by atoms with van der Waals surface area (Å²) in [6.45, 7) is 4.86. The maximum absolute atomic E-state index is 11.7. The number of anilines is 2. The minimum absolute atomic E-state index is 0.132. The smallest absolute Gasteiger partial charge is 0.347 e. The number of unbranched alkanes of at least 4 members (excludes halogenated alkanes) is 2. The number of hydrogen-bond donors (Lipinski definition) is 3. The molecule has 1 aromatic carbocycles. The summed E-state index contributed by atoms with van der Waals surface area (Å²) in [6, 6.07) is 13.4. The van der Waals surface area contributed by atoms with E-state index in [1.807, 2.05) is 48.7 Å². The van der Waals surface area contributed by atoms with Crippen molar-refractivity contribution in [2.45, 2.75) is 33.1 Å². The molecule has 32 heavy (non-hydrogen) atoms. The predicted octanol–water partition coefficient (Wildman–Crippen LogP) is 5.49. The van der Waals surface area contributed by atoms with Gasteiger partial charge in [-0.25, -0.2) is 9.78 Å². The molecular weight excluding hydrogens is 424 g/mol. The van der Waals surface area contributed by atoms with Crippen molar-refractivity contribution in [3.63, 3.8) is 0 Å². The van der Waals surface area contributed by atoms with Crippen LogP contribution in [0, 0.1) is 6.92 Å². The van der Waals surface area contributed by atoms with Gasteiger partial charge in [0.05, 0.1) is 11.4 Å². The van der Waals surface area contributed by atoms with Gasteiger partial charge >= 0.3 is 5.97 Å². The average molecular weight is 453 g/mol. The molecule has 2 heterocycles. The number of nitrogens with one attached hydrogen (secondary N) is 2. The van der Waals surface area contributed by atoms with Crippen molar-refractivity contribution in [2.24, 2.45) is 0 Å². The van der Waals surface area contributed by atoms with Crippen LogP contribution in [0.15, 0.2) is 60.9 Å². The first kappa shape index (κ1) is 24.7. The quantitative estimate of drug-likeness (QED) is 0.293. The monoisotopic (exact) mass is 452 g/mol. The van der Waals surface area contributed by atoms with Crippen molar-refractivity contribution in [2.75, 3.05) is 17.2 Å². The van der Waals surface area contributed by atoms with Crippen molar-refractivity contribution in [3.05, 3.63) is 77.1 Å². The first-order valence-corrected chi connectivity index (χ1v) is 11.2. The SMILES string of the molecule is CCCCCNc1cccnc1.Cc1nc(NC(=O)C=Cc2ccccc2)sc1C(=O)O. The summed E-state index contributed by atoms with van der Waals surface area (Å²) in [7, 11) is 0. The molecule has 2 aromatic heterocycles. The third-order valence-corrected chi connectivity index (χ3v) is 5.28. The van der Waals surface area contributed by atoms with E-state index in [-0.39, 0.29) is 15.9 Å². The molecule has 7 nitrogen and oxygen atoms in total. The number of thiazole rings is 1. The van der Waals surface area contributed by atoms with Gasteiger partial charge in [-0.05, 0) is 37.1 Å². The van der Waals surface area contributed by atoms with Crippen LogP contribution < -0.4 is 10.6 Å². The number of amides is 1. The first-order chi connectivity index (χ1) is 15.5. The number of rotatable bonds is 9. The molecule has 0 saturated heterocycles. The largest absolute Gasteiger partial charge is 0.477 e. The van der Waals surface area contributed by atoms with Gasteiger partial charge < -0.3 is 10.4 Å². The molecule has 0 radical (unpaired) electrons. The molecule has 168 valence electrons. The highest BCUT2D eigenvalue weighted by Crippen LogP contribution is 2.22. The summed E-state index contributed by atoms with van der Waals surface area (Å²) < 4.78 is 0. The lowest BCUT2D eigenvalue weighted by Crippen LogP contribution is -2.07. The van der Waals surface area contributed by atoms with Gasteiger partial charge in [0.15, 0.2) is 5.13 Å². The van der Waals surface area contributed by atoms with Crippen LogP contribution in [0.1, 0.15) is 47.1 Å². The van der Waals surface area contributed by atoms with E-state index in [4.69, 9.17) is 5.11 Å². The molecule has 0 spiro atoms. The molecule has 0 atom stereocenters. The molecule has 0 unspecified atom stereocenters. The highest BCUT2D eigenvalue weighted by atomic mass is 32.1. The molecule has 3 rings (SSSR count). The molecule has 0 bridgehead atoms. The third kappa shape index (κ3) is 9.09. The summed E-state index contributed by atoms with van der Waals surface area (Å²) in [6.07, 6.45) is 10.5. The van der Waals surface area contributed by atoms with Crippen molar-refractivity contribution >= 4 is 40.1 Å². The molecule has 3 aromatic rings. The number of aromatic nitrogens is 2. The zero-order valence-corrected chi connectivity index (χ0v) is 19.1. The Bertz CT molecular complexity index is 1000. The fraction of sp³-hybridized carbons (Fsp3) is 0.250. The lowest BCUT2D eigenvalue weighted by molar-refractivity contribution is -0.111. The summed E-state index contributed by atoms with van der Waals surface area (Å²) >= 11 is 0.941. The molecule has 0 fully saturated rings. The van der Waals surface area contributed by atoms with Crippen LogP contribution in [0.4, 0.5) is 10.8 Å². The van der Waals surface area contributed by atoms with Crippen molar-refractivity contribution in [3.8, 4) is 0 Å². The minimum Gasteiger partial charge on any atom is -0.477 e. The van der Waals surface area contributed by atoms with Crippen LogP contribution >= 0.6 is 11.3 Å². The van der Waals surface area contributed by atoms with Crippen LogP contribution in [0.3, 0.4) is 0 Å². The Morgan fingerprint density at radius 1 is 1.12 bits per heavy atom. The Balaban J connectivity index is 0.000000258. The number of hydrogen-bond acceptors (Lipinski definition) is 6. The second-order valence-electron chi connectivity index (χ2n) is 6.85. The Hall–Kier alpha value is -3.52. The number of nitrogens with zero attached hydrogens (tertiary/aromatic N) is 2. The molecule has 3 N–H and O–H groups in total. The number of aromatic carboxylic acids is 1. The zero-order chi connectivity index (χ0) is 23.2. The minimum atomic E-state index is -1.04. The summed E-state index contributed by atoms with van der Waals surface area (Å²) in [5.41, 5.74) is 2.42. The van der Waals surface area contributed by atoms with E-state index in [2.05, 4.69) is 27.5 Å². The van der Waals surface area contributed by atoms with Gasteiger partial charge in [0.25, 0.3) is 0 Å². The van der Waals surface area contributed by atoms with Crippen LogP contribution in [0.25, 0.3) is 6.08 Å². The predicted molar refractivity (Wildman–Crippen MR) is 130 cm³/mol. The molecule has 0 aliphatic rings. The van der Waals surface area contributed by atoms with Gasteiger partial charge in [0.1, 0.15) is 4.88 Å². The second-order valence-corrected chi connectivity index (χ2v) is 7.85. The number of carbonyl (C=O) groups is 2. The highest BCUT2D eigenvalue weighted by molar-refractivity contribution is 7.17. The first-order valence-electron chi connectivity index (χ1n) is 10.4. The number of pyridine rings is 1. The molecule has 0 saturated carbocycles. The molecule has 1 amide bonds. The van der Waals surface area contributed by atoms with Crippen molar-refractivity contribution < 1.29 is 14.7 Å². The summed E-state index contributed by atoms with van der Waals surface area (Å²) in [4.78, 5) is 30.7. The third-order valence-electron chi connectivity index (χ3n) is 4.22. The van der Waals surface area contributed by atoms with Crippen molar-refractivity contribution in [1.29, 1.82) is 0 Å². The van der Waals surface area contributed by atoms with E-state index in [1.54, 1.807) is 19.2 Å². The number of carboxylic acid groups (broad SMARTS) is 1. The number of aryl methyl sites for hydroxylation is 1. The second kappa shape index (κ2) is 13.7. The number of benzene rings is 1. The number of carboxylic acids is 1. The maximum Gasteiger partial charge on any atom is 0.347 e. The fourth-order valence-corrected chi connectivity index (χ4v) is 3.41. The lowest BCUT2D eigenvalue weighted by Gasteiger charge is -2.03. The summed E-state index contributed by atoms with van der Waals surface area (Å²) in [5.74, 6) is -1.39. The van der Waals surface area contributed by atoms with E-state index in [0.29, 0.717) is 5.69 Å². The van der Waals surface area contributed by atoms with Crippen molar-refractivity contribution in [1.82, 2.24) is 9.97 Å². The van der Waals surface area contributed by atoms with E-state index in [9.17, 15) is 9.59 Å².